The molecule has 0 amide bonds. The molecule has 0 aliphatic rings. The molecule has 0 aliphatic carbocycles. The molecule has 0 saturated carbocycles. The lowest BCUT2D eigenvalue weighted by molar-refractivity contribution is 0.0496. The van der Waals surface area contributed by atoms with Crippen LogP contribution in [0, 0.1) is 0 Å². The van der Waals surface area contributed by atoms with E-state index in [9.17, 15) is 5.11 Å². The molecule has 1 aromatic rings. The van der Waals surface area contributed by atoms with E-state index < -0.39 is 6.10 Å². The Labute approximate surface area is 96.2 Å². The highest BCUT2D eigenvalue weighted by Crippen LogP contribution is 2.16. The van der Waals surface area contributed by atoms with Crippen LogP contribution in [0.25, 0.3) is 0 Å². The largest absolute Gasteiger partial charge is 0.497 e. The molecule has 4 heteroatoms. The van der Waals surface area contributed by atoms with Crippen molar-refractivity contribution >= 4 is 5.69 Å². The average Bonchev–Trinajstić information content (AvgIpc) is 2.34. The molecule has 1 aromatic carbocycles. The second kappa shape index (κ2) is 7.09. The van der Waals surface area contributed by atoms with Crippen molar-refractivity contribution in [3.63, 3.8) is 0 Å². The van der Waals surface area contributed by atoms with Crippen molar-refractivity contribution < 1.29 is 14.6 Å². The summed E-state index contributed by atoms with van der Waals surface area (Å²) < 4.78 is 10.2. The van der Waals surface area contributed by atoms with Crippen LogP contribution in [0.15, 0.2) is 24.3 Å². The lowest BCUT2D eigenvalue weighted by atomic mass is 10.3. The van der Waals surface area contributed by atoms with Gasteiger partial charge in [-0.25, -0.2) is 0 Å². The normalized spacial score (nSPS) is 12.2. The molecule has 4 nitrogen and oxygen atoms in total. The Kier molecular flexibility index (Phi) is 5.67. The Morgan fingerprint density at radius 1 is 1.44 bits per heavy atom. The summed E-state index contributed by atoms with van der Waals surface area (Å²) in [4.78, 5) is 0. The van der Waals surface area contributed by atoms with Gasteiger partial charge in [-0.15, -0.1) is 0 Å². The third kappa shape index (κ3) is 4.51. The SMILES string of the molecule is CCOCC(O)CNc1cccc(OC)c1. The summed E-state index contributed by atoms with van der Waals surface area (Å²) in [6, 6.07) is 7.58. The van der Waals surface area contributed by atoms with Gasteiger partial charge in [0, 0.05) is 24.9 Å². The maximum absolute atomic E-state index is 9.55. The van der Waals surface area contributed by atoms with Crippen molar-refractivity contribution in [2.45, 2.75) is 13.0 Å². The number of ether oxygens (including phenoxy) is 2. The van der Waals surface area contributed by atoms with Crippen LogP contribution in [0.5, 0.6) is 5.75 Å². The Morgan fingerprint density at radius 2 is 2.25 bits per heavy atom. The second-order valence-corrected chi connectivity index (χ2v) is 3.43. The van der Waals surface area contributed by atoms with Crippen LogP contribution < -0.4 is 10.1 Å². The Hall–Kier alpha value is -1.26. The van der Waals surface area contributed by atoms with Crippen LogP contribution >= 0.6 is 0 Å². The molecule has 1 unspecified atom stereocenters. The number of methoxy groups -OCH3 is 1. The highest BCUT2D eigenvalue weighted by atomic mass is 16.5. The van der Waals surface area contributed by atoms with Crippen LogP contribution in [0.3, 0.4) is 0 Å². The zero-order valence-electron chi connectivity index (χ0n) is 9.77. The molecule has 90 valence electrons. The smallest absolute Gasteiger partial charge is 0.120 e. The molecule has 0 bridgehead atoms. The molecule has 1 rings (SSSR count). The quantitative estimate of drug-likeness (QED) is 0.738. The average molecular weight is 225 g/mol. The lowest BCUT2D eigenvalue weighted by Gasteiger charge is -2.13. The van der Waals surface area contributed by atoms with Crippen molar-refractivity contribution in [3.8, 4) is 5.75 Å². The predicted octanol–water partition coefficient (Wildman–Crippen LogP) is 1.50. The van der Waals surface area contributed by atoms with Crippen molar-refractivity contribution in [1.82, 2.24) is 0 Å². The van der Waals surface area contributed by atoms with Gasteiger partial charge >= 0.3 is 0 Å². The van der Waals surface area contributed by atoms with E-state index in [1.165, 1.54) is 0 Å². The number of hydrogen-bond acceptors (Lipinski definition) is 4. The zero-order valence-corrected chi connectivity index (χ0v) is 9.77. The second-order valence-electron chi connectivity index (χ2n) is 3.43. The number of benzene rings is 1. The topological polar surface area (TPSA) is 50.7 Å². The van der Waals surface area contributed by atoms with E-state index >= 15 is 0 Å². The fourth-order valence-corrected chi connectivity index (χ4v) is 1.28. The maximum atomic E-state index is 9.55. The first kappa shape index (κ1) is 12.8. The number of nitrogens with one attached hydrogen (secondary N) is 1. The van der Waals surface area contributed by atoms with E-state index in [-0.39, 0.29) is 0 Å². The molecule has 2 N–H and O–H groups in total. The highest BCUT2D eigenvalue weighted by Gasteiger charge is 2.03. The van der Waals surface area contributed by atoms with Gasteiger partial charge in [-0.3, -0.25) is 0 Å². The van der Waals surface area contributed by atoms with Gasteiger partial charge in [0.25, 0.3) is 0 Å². The van der Waals surface area contributed by atoms with Crippen molar-refractivity contribution in [2.24, 2.45) is 0 Å². The summed E-state index contributed by atoms with van der Waals surface area (Å²) in [5.74, 6) is 0.796. The number of anilines is 1. The first-order valence-electron chi connectivity index (χ1n) is 5.40. The summed E-state index contributed by atoms with van der Waals surface area (Å²) in [6.45, 7) is 3.35. The Bertz CT molecular complexity index is 304. The number of rotatable bonds is 7. The molecule has 1 atom stereocenters. The molecule has 0 radical (unpaired) electrons. The molecule has 0 aliphatic heterocycles. The van der Waals surface area contributed by atoms with E-state index in [0.29, 0.717) is 19.8 Å². The molecule has 0 aromatic heterocycles. The van der Waals surface area contributed by atoms with Gasteiger partial charge in [-0.1, -0.05) is 6.07 Å². The van der Waals surface area contributed by atoms with Gasteiger partial charge < -0.3 is 19.9 Å². The first-order chi connectivity index (χ1) is 7.76. The van der Waals surface area contributed by atoms with E-state index in [4.69, 9.17) is 9.47 Å². The molecular formula is C12H19NO3. The van der Waals surface area contributed by atoms with Crippen LogP contribution in [0.1, 0.15) is 6.92 Å². The van der Waals surface area contributed by atoms with Crippen molar-refractivity contribution in [3.05, 3.63) is 24.3 Å². The van der Waals surface area contributed by atoms with Crippen LogP contribution in [-0.2, 0) is 4.74 Å². The summed E-state index contributed by atoms with van der Waals surface area (Å²) in [7, 11) is 1.63. The van der Waals surface area contributed by atoms with Gasteiger partial charge in [0.15, 0.2) is 0 Å². The van der Waals surface area contributed by atoms with Gasteiger partial charge in [-0.05, 0) is 19.1 Å². The third-order valence-corrected chi connectivity index (χ3v) is 2.13. The minimum atomic E-state index is -0.494. The standard InChI is InChI=1S/C12H19NO3/c1-3-16-9-11(14)8-13-10-5-4-6-12(7-10)15-2/h4-7,11,13-14H,3,8-9H2,1-2H3. The monoisotopic (exact) mass is 225 g/mol. The molecule has 0 fully saturated rings. The van der Waals surface area contributed by atoms with E-state index in [2.05, 4.69) is 5.32 Å². The van der Waals surface area contributed by atoms with E-state index in [0.717, 1.165) is 11.4 Å². The number of aliphatic hydroxyl groups is 1. The van der Waals surface area contributed by atoms with Crippen LogP contribution in [0.4, 0.5) is 5.69 Å². The zero-order chi connectivity index (χ0) is 11.8. The van der Waals surface area contributed by atoms with Crippen LogP contribution in [0.2, 0.25) is 0 Å². The number of aliphatic hydroxyl groups excluding tert-OH is 1. The Balaban J connectivity index is 2.35. The Morgan fingerprint density at radius 3 is 2.94 bits per heavy atom. The summed E-state index contributed by atoms with van der Waals surface area (Å²) in [6.07, 6.45) is -0.494. The molecule has 16 heavy (non-hydrogen) atoms. The summed E-state index contributed by atoms with van der Waals surface area (Å²) >= 11 is 0. The fourth-order valence-electron chi connectivity index (χ4n) is 1.28. The molecule has 0 spiro atoms. The molecule has 0 saturated heterocycles. The molecular weight excluding hydrogens is 206 g/mol. The fraction of sp³-hybridized carbons (Fsp3) is 0.500. The first-order valence-corrected chi connectivity index (χ1v) is 5.40. The van der Waals surface area contributed by atoms with Crippen LogP contribution in [-0.4, -0.2) is 38.1 Å². The van der Waals surface area contributed by atoms with Crippen molar-refractivity contribution in [2.75, 3.05) is 32.2 Å². The maximum Gasteiger partial charge on any atom is 0.120 e. The molecule has 0 heterocycles. The van der Waals surface area contributed by atoms with Gasteiger partial charge in [0.1, 0.15) is 5.75 Å². The predicted molar refractivity (Wildman–Crippen MR) is 64.0 cm³/mol. The number of hydrogen-bond donors (Lipinski definition) is 2. The summed E-state index contributed by atoms with van der Waals surface area (Å²) in [5, 5.41) is 12.7. The van der Waals surface area contributed by atoms with Gasteiger partial charge in [0.2, 0.25) is 0 Å². The minimum Gasteiger partial charge on any atom is -0.497 e. The lowest BCUT2D eigenvalue weighted by Crippen LogP contribution is -2.24. The van der Waals surface area contributed by atoms with Crippen molar-refractivity contribution in [1.29, 1.82) is 0 Å². The third-order valence-electron chi connectivity index (χ3n) is 2.13. The van der Waals surface area contributed by atoms with Gasteiger partial charge in [0.05, 0.1) is 19.8 Å². The summed E-state index contributed by atoms with van der Waals surface area (Å²) in [5.41, 5.74) is 0.926. The highest BCUT2D eigenvalue weighted by molar-refractivity contribution is 5.48. The minimum absolute atomic E-state index is 0.355. The van der Waals surface area contributed by atoms with E-state index in [1.54, 1.807) is 7.11 Å². The van der Waals surface area contributed by atoms with E-state index in [1.807, 2.05) is 31.2 Å². The van der Waals surface area contributed by atoms with Gasteiger partial charge in [-0.2, -0.15) is 0 Å².